The fraction of sp³-hybridized carbons (Fsp3) is 0.375. The number of nitrogens with two attached hydrogens (primary N) is 1. The van der Waals surface area contributed by atoms with Crippen LogP contribution in [0.2, 0.25) is 0 Å². The second-order valence-electron chi connectivity index (χ2n) is 8.87. The van der Waals surface area contributed by atoms with Crippen molar-refractivity contribution in [3.05, 3.63) is 47.2 Å². The van der Waals surface area contributed by atoms with Crippen LogP contribution in [0.1, 0.15) is 22.2 Å². The van der Waals surface area contributed by atoms with Crippen molar-refractivity contribution < 1.29 is 4.74 Å². The Hall–Kier alpha value is -3.57. The van der Waals surface area contributed by atoms with Gasteiger partial charge in [0.1, 0.15) is 11.2 Å². The summed E-state index contributed by atoms with van der Waals surface area (Å²) in [6.45, 7) is 11.1. The van der Waals surface area contributed by atoms with Crippen LogP contribution in [0.15, 0.2) is 37.4 Å². The number of nitrogen functional groups attached to an aromatic ring is 1. The predicted molar refractivity (Wildman–Crippen MR) is 137 cm³/mol. The molecule has 2 saturated heterocycles. The van der Waals surface area contributed by atoms with Crippen LogP contribution in [-0.2, 0) is 4.74 Å². The van der Waals surface area contributed by atoms with Gasteiger partial charge < -0.3 is 24.8 Å². The third-order valence-electron chi connectivity index (χ3n) is 6.61. The molecule has 0 amide bonds. The fourth-order valence-electron chi connectivity index (χ4n) is 4.70. The van der Waals surface area contributed by atoms with E-state index in [-0.39, 0.29) is 12.0 Å². The van der Waals surface area contributed by atoms with E-state index in [0.717, 1.165) is 55.0 Å². The van der Waals surface area contributed by atoms with Crippen LogP contribution >= 0.6 is 11.3 Å². The Kier molecular flexibility index (Phi) is 5.57. The lowest BCUT2D eigenvalue weighted by Gasteiger charge is -2.27. The van der Waals surface area contributed by atoms with Crippen LogP contribution < -0.4 is 10.6 Å². The van der Waals surface area contributed by atoms with Crippen molar-refractivity contribution in [1.29, 1.82) is 0 Å². The van der Waals surface area contributed by atoms with Crippen LogP contribution in [0.25, 0.3) is 28.1 Å². The van der Waals surface area contributed by atoms with E-state index in [9.17, 15) is 0 Å². The number of imidazole rings is 1. The maximum Gasteiger partial charge on any atom is 0.228 e. The number of ether oxygens (including phenoxy) is 1. The summed E-state index contributed by atoms with van der Waals surface area (Å²) in [6, 6.07) is 4.54. The number of aryl methyl sites for hydroxylation is 1. The van der Waals surface area contributed by atoms with Gasteiger partial charge in [-0.3, -0.25) is 0 Å². The molecule has 0 spiro atoms. The van der Waals surface area contributed by atoms with E-state index in [1.807, 2.05) is 6.33 Å². The molecule has 4 aromatic rings. The number of fused-ring (bicyclic) bond motifs is 1. The van der Waals surface area contributed by atoms with Gasteiger partial charge in [0.05, 0.1) is 30.5 Å². The molecule has 0 bridgehead atoms. The molecule has 2 aliphatic rings. The maximum absolute atomic E-state index is 5.72. The van der Waals surface area contributed by atoms with Crippen molar-refractivity contribution in [2.75, 3.05) is 50.0 Å². The summed E-state index contributed by atoms with van der Waals surface area (Å²) in [5, 5.41) is 0. The molecule has 6 heterocycles. The predicted octanol–water partition coefficient (Wildman–Crippen LogP) is 2.99. The average molecular weight is 490 g/mol. The molecule has 180 valence electrons. The van der Waals surface area contributed by atoms with Gasteiger partial charge in [-0.15, -0.1) is 11.3 Å². The second-order valence-corrected chi connectivity index (χ2v) is 10.2. The summed E-state index contributed by atoms with van der Waals surface area (Å²) < 4.78 is 7.73. The highest BCUT2D eigenvalue weighted by Gasteiger charge is 2.29. The van der Waals surface area contributed by atoms with Gasteiger partial charge >= 0.3 is 0 Å². The second kappa shape index (κ2) is 8.90. The average Bonchev–Trinajstić information content (AvgIpc) is 3.63. The Morgan fingerprint density at radius 2 is 1.91 bits per heavy atom. The Bertz CT molecular complexity index is 1370. The standard InChI is InChI=1S/C24H27N9OS/c1-15-3-4-19(35-15)16(2)32-6-5-18(13-32)33-14-28-21-20(17-11-26-23(25)27-12-17)29-24(30-22(21)33)31-7-9-34-10-8-31/h3-4,11-12,14,18H,2,5-10,13H2,1H3,(H2,25,26,27). The van der Waals surface area contributed by atoms with Gasteiger partial charge in [0.25, 0.3) is 0 Å². The van der Waals surface area contributed by atoms with Crippen LogP contribution in [-0.4, -0.2) is 73.8 Å². The molecule has 0 aromatic carbocycles. The largest absolute Gasteiger partial charge is 0.378 e. The van der Waals surface area contributed by atoms with Gasteiger partial charge in [0, 0.05) is 54.7 Å². The van der Waals surface area contributed by atoms with Crippen molar-refractivity contribution in [3.8, 4) is 11.3 Å². The zero-order chi connectivity index (χ0) is 23.9. The molecule has 2 fully saturated rings. The monoisotopic (exact) mass is 489 g/mol. The van der Waals surface area contributed by atoms with Crippen LogP contribution in [0.5, 0.6) is 0 Å². The number of hydrogen-bond donors (Lipinski definition) is 1. The molecule has 10 nitrogen and oxygen atoms in total. The zero-order valence-electron chi connectivity index (χ0n) is 19.6. The fourth-order valence-corrected chi connectivity index (χ4v) is 5.56. The minimum atomic E-state index is 0.227. The number of anilines is 2. The summed E-state index contributed by atoms with van der Waals surface area (Å²) >= 11 is 1.78. The first kappa shape index (κ1) is 21.9. The molecule has 2 N–H and O–H groups in total. The van der Waals surface area contributed by atoms with Crippen molar-refractivity contribution in [3.63, 3.8) is 0 Å². The maximum atomic E-state index is 5.72. The lowest BCUT2D eigenvalue weighted by molar-refractivity contribution is 0.122. The Morgan fingerprint density at radius 3 is 2.66 bits per heavy atom. The third kappa shape index (κ3) is 4.10. The topological polar surface area (TPSA) is 111 Å². The number of morpholine rings is 1. The SMILES string of the molecule is C=C(c1ccc(C)s1)N1CCC(n2cnc3c(-c4cnc(N)nc4)nc(N4CCOCC4)nc32)C1. The van der Waals surface area contributed by atoms with Gasteiger partial charge in [-0.2, -0.15) is 4.98 Å². The van der Waals surface area contributed by atoms with Crippen molar-refractivity contribution in [1.82, 2.24) is 34.4 Å². The van der Waals surface area contributed by atoms with Crippen molar-refractivity contribution in [2.45, 2.75) is 19.4 Å². The van der Waals surface area contributed by atoms with E-state index in [1.54, 1.807) is 23.7 Å². The lowest BCUT2D eigenvalue weighted by Crippen LogP contribution is -2.37. The minimum absolute atomic E-state index is 0.227. The molecule has 35 heavy (non-hydrogen) atoms. The van der Waals surface area contributed by atoms with Crippen molar-refractivity contribution in [2.24, 2.45) is 0 Å². The number of thiophene rings is 1. The number of nitrogens with zero attached hydrogens (tertiary/aromatic N) is 8. The molecule has 6 rings (SSSR count). The van der Waals surface area contributed by atoms with Crippen LogP contribution in [0, 0.1) is 6.92 Å². The van der Waals surface area contributed by atoms with Gasteiger partial charge in [-0.05, 0) is 25.5 Å². The molecule has 11 heteroatoms. The number of likely N-dealkylation sites (tertiary alicyclic amines) is 1. The van der Waals surface area contributed by atoms with Crippen LogP contribution in [0.3, 0.4) is 0 Å². The van der Waals surface area contributed by atoms with Gasteiger partial charge in [0.2, 0.25) is 11.9 Å². The Balaban J connectivity index is 1.37. The molecular weight excluding hydrogens is 462 g/mol. The summed E-state index contributed by atoms with van der Waals surface area (Å²) in [5.41, 5.74) is 9.84. The quantitative estimate of drug-likeness (QED) is 0.452. The highest BCUT2D eigenvalue weighted by molar-refractivity contribution is 7.13. The van der Waals surface area contributed by atoms with E-state index in [4.69, 9.17) is 25.4 Å². The third-order valence-corrected chi connectivity index (χ3v) is 7.66. The Labute approximate surface area is 207 Å². The molecule has 4 aromatic heterocycles. The molecule has 0 aliphatic carbocycles. The first-order valence-corrected chi connectivity index (χ1v) is 12.5. The number of hydrogen-bond acceptors (Lipinski definition) is 10. The van der Waals surface area contributed by atoms with E-state index >= 15 is 0 Å². The summed E-state index contributed by atoms with van der Waals surface area (Å²) in [5.74, 6) is 0.896. The Morgan fingerprint density at radius 1 is 1.11 bits per heavy atom. The molecule has 1 atom stereocenters. The molecule has 2 aliphatic heterocycles. The smallest absolute Gasteiger partial charge is 0.228 e. The summed E-state index contributed by atoms with van der Waals surface area (Å²) in [6.07, 6.45) is 6.26. The lowest BCUT2D eigenvalue weighted by atomic mass is 10.2. The van der Waals surface area contributed by atoms with E-state index in [0.29, 0.717) is 24.9 Å². The number of rotatable bonds is 5. The highest BCUT2D eigenvalue weighted by Crippen LogP contribution is 2.34. The summed E-state index contributed by atoms with van der Waals surface area (Å²) in [4.78, 5) is 30.0. The molecular formula is C24H27N9OS. The van der Waals surface area contributed by atoms with Crippen LogP contribution in [0.4, 0.5) is 11.9 Å². The normalized spacial score (nSPS) is 18.5. The van der Waals surface area contributed by atoms with Gasteiger partial charge in [-0.1, -0.05) is 6.58 Å². The first-order chi connectivity index (χ1) is 17.1. The van der Waals surface area contributed by atoms with Gasteiger partial charge in [0.15, 0.2) is 5.65 Å². The van der Waals surface area contributed by atoms with Crippen molar-refractivity contribution >= 4 is 40.1 Å². The summed E-state index contributed by atoms with van der Waals surface area (Å²) in [7, 11) is 0. The minimum Gasteiger partial charge on any atom is -0.378 e. The van der Waals surface area contributed by atoms with E-state index in [2.05, 4.69) is 50.0 Å². The zero-order valence-corrected chi connectivity index (χ0v) is 20.4. The van der Waals surface area contributed by atoms with E-state index in [1.165, 1.54) is 9.75 Å². The highest BCUT2D eigenvalue weighted by atomic mass is 32.1. The van der Waals surface area contributed by atoms with E-state index < -0.39 is 0 Å². The number of aromatic nitrogens is 6. The molecule has 0 radical (unpaired) electrons. The molecule has 1 unspecified atom stereocenters. The van der Waals surface area contributed by atoms with Gasteiger partial charge in [-0.25, -0.2) is 19.9 Å². The first-order valence-electron chi connectivity index (χ1n) is 11.7. The molecule has 0 saturated carbocycles.